The van der Waals surface area contributed by atoms with Crippen LogP contribution in [0.4, 0.5) is 8.78 Å². The molecule has 1 aromatic rings. The van der Waals surface area contributed by atoms with E-state index >= 15 is 0 Å². The number of ether oxygens (including phenoxy) is 1. The lowest BCUT2D eigenvalue weighted by Gasteiger charge is -2.19. The summed E-state index contributed by atoms with van der Waals surface area (Å²) in [6.45, 7) is 0.319. The molecule has 1 unspecified atom stereocenters. The van der Waals surface area contributed by atoms with Crippen molar-refractivity contribution in [3.8, 4) is 5.75 Å². The third kappa shape index (κ3) is 3.96. The third-order valence-corrected chi connectivity index (χ3v) is 2.37. The highest BCUT2D eigenvalue weighted by Gasteiger charge is 2.17. The van der Waals surface area contributed by atoms with Crippen molar-refractivity contribution < 1.29 is 18.3 Å². The normalized spacial score (nSPS) is 14.1. The molecule has 0 saturated heterocycles. The average molecular weight is 258 g/mol. The van der Waals surface area contributed by atoms with Crippen LogP contribution in [0.3, 0.4) is 0 Å². The molecule has 0 bridgehead atoms. The van der Waals surface area contributed by atoms with Crippen molar-refractivity contribution in [1.82, 2.24) is 5.32 Å². The maximum absolute atomic E-state index is 12.2. The summed E-state index contributed by atoms with van der Waals surface area (Å²) in [5, 5.41) is 2.62. The number of hydrogen-bond acceptors (Lipinski definition) is 3. The summed E-state index contributed by atoms with van der Waals surface area (Å²) in [7, 11) is 0. The molecule has 0 heterocycles. The Morgan fingerprint density at radius 3 is 2.50 bits per heavy atom. The minimum atomic E-state index is -2.90. The van der Waals surface area contributed by atoms with Gasteiger partial charge in [-0.25, -0.2) is 0 Å². The molecule has 2 atom stereocenters. The number of alkyl halides is 2. The molecule has 100 valence electrons. The van der Waals surface area contributed by atoms with Crippen LogP contribution in [0.25, 0.3) is 0 Å². The van der Waals surface area contributed by atoms with E-state index in [-0.39, 0.29) is 11.7 Å². The van der Waals surface area contributed by atoms with Crippen LogP contribution in [-0.4, -0.2) is 18.6 Å². The maximum Gasteiger partial charge on any atom is 0.387 e. The van der Waals surface area contributed by atoms with E-state index in [0.717, 1.165) is 0 Å². The molecule has 0 aliphatic carbocycles. The number of nitrogens with two attached hydrogens (primary N) is 1. The van der Waals surface area contributed by atoms with E-state index in [0.29, 0.717) is 5.56 Å². The smallest absolute Gasteiger partial charge is 0.387 e. The highest BCUT2D eigenvalue weighted by Crippen LogP contribution is 2.26. The number of hydrogen-bond donors (Lipinski definition) is 2. The van der Waals surface area contributed by atoms with E-state index in [9.17, 15) is 13.6 Å². The van der Waals surface area contributed by atoms with Crippen LogP contribution in [0, 0.1) is 0 Å². The quantitative estimate of drug-likeness (QED) is 0.846. The largest absolute Gasteiger partial charge is 0.434 e. The molecule has 4 nitrogen and oxygen atoms in total. The fraction of sp³-hybridized carbons (Fsp3) is 0.417. The molecule has 1 amide bonds. The molecule has 0 saturated carbocycles. The zero-order chi connectivity index (χ0) is 13.7. The molecule has 1 rings (SSSR count). The van der Waals surface area contributed by atoms with E-state index in [1.54, 1.807) is 32.0 Å². The lowest BCUT2D eigenvalue weighted by Crippen LogP contribution is -2.39. The van der Waals surface area contributed by atoms with Crippen LogP contribution in [0.15, 0.2) is 24.3 Å². The van der Waals surface area contributed by atoms with Crippen molar-refractivity contribution >= 4 is 5.91 Å². The first kappa shape index (κ1) is 14.4. The van der Waals surface area contributed by atoms with Gasteiger partial charge in [-0.2, -0.15) is 8.78 Å². The zero-order valence-electron chi connectivity index (χ0n) is 10.2. The Morgan fingerprint density at radius 2 is 1.94 bits per heavy atom. The van der Waals surface area contributed by atoms with Crippen LogP contribution in [0.2, 0.25) is 0 Å². The van der Waals surface area contributed by atoms with Gasteiger partial charge in [0.15, 0.2) is 0 Å². The molecule has 6 heteroatoms. The zero-order valence-corrected chi connectivity index (χ0v) is 10.2. The number of rotatable bonds is 5. The third-order valence-electron chi connectivity index (χ3n) is 2.37. The molecule has 1 aromatic carbocycles. The van der Waals surface area contributed by atoms with Gasteiger partial charge in [0.25, 0.3) is 0 Å². The van der Waals surface area contributed by atoms with Crippen LogP contribution in [0.1, 0.15) is 25.5 Å². The summed E-state index contributed by atoms with van der Waals surface area (Å²) in [5.74, 6) is -0.306. The van der Waals surface area contributed by atoms with Gasteiger partial charge < -0.3 is 15.8 Å². The Labute approximate surface area is 104 Å². The Bertz CT molecular complexity index is 411. The number of nitrogens with one attached hydrogen (secondary N) is 1. The molecule has 0 aliphatic rings. The van der Waals surface area contributed by atoms with Crippen LogP contribution in [-0.2, 0) is 4.79 Å². The Balaban J connectivity index is 2.84. The number of halogens is 2. The van der Waals surface area contributed by atoms with Crippen molar-refractivity contribution in [2.24, 2.45) is 5.73 Å². The van der Waals surface area contributed by atoms with Crippen LogP contribution >= 0.6 is 0 Å². The van der Waals surface area contributed by atoms with Gasteiger partial charge in [0.2, 0.25) is 5.91 Å². The number of amides is 1. The van der Waals surface area contributed by atoms with Gasteiger partial charge in [0.1, 0.15) is 5.75 Å². The van der Waals surface area contributed by atoms with Crippen molar-refractivity contribution in [3.63, 3.8) is 0 Å². The maximum atomic E-state index is 12.2. The minimum absolute atomic E-state index is 0.0463. The molecule has 18 heavy (non-hydrogen) atoms. The minimum Gasteiger partial charge on any atom is -0.434 e. The number of carbonyl (C=O) groups is 1. The predicted molar refractivity (Wildman–Crippen MR) is 63.3 cm³/mol. The SMILES string of the molecule is CC(NC(=O)[C@@H](C)N)c1ccccc1OC(F)F. The van der Waals surface area contributed by atoms with Crippen molar-refractivity contribution in [3.05, 3.63) is 29.8 Å². The summed E-state index contributed by atoms with van der Waals surface area (Å²) in [5.41, 5.74) is 5.90. The van der Waals surface area contributed by atoms with Gasteiger partial charge >= 0.3 is 6.61 Å². The highest BCUT2D eigenvalue weighted by molar-refractivity contribution is 5.81. The molecule has 0 spiro atoms. The van der Waals surface area contributed by atoms with Gasteiger partial charge in [0.05, 0.1) is 12.1 Å². The summed E-state index contributed by atoms with van der Waals surface area (Å²) in [4.78, 5) is 11.4. The summed E-state index contributed by atoms with van der Waals surface area (Å²) < 4.78 is 28.8. The Kier molecular flexibility index (Phi) is 5.03. The topological polar surface area (TPSA) is 64.4 Å². The number of carbonyl (C=O) groups excluding carboxylic acids is 1. The first-order valence-corrected chi connectivity index (χ1v) is 5.51. The standard InChI is InChI=1S/C12H16F2N2O2/c1-7(15)11(17)16-8(2)9-5-3-4-6-10(9)18-12(13)14/h3-8,12H,15H2,1-2H3,(H,16,17)/t7-,8?/m1/s1. The van der Waals surface area contributed by atoms with Gasteiger partial charge in [-0.1, -0.05) is 18.2 Å². The van der Waals surface area contributed by atoms with E-state index < -0.39 is 18.7 Å². The van der Waals surface area contributed by atoms with Gasteiger partial charge in [-0.15, -0.1) is 0 Å². The summed E-state index contributed by atoms with van der Waals surface area (Å²) in [6, 6.07) is 5.19. The first-order valence-electron chi connectivity index (χ1n) is 5.51. The number of benzene rings is 1. The Morgan fingerprint density at radius 1 is 1.33 bits per heavy atom. The predicted octanol–water partition coefficient (Wildman–Crippen LogP) is 1.81. The van der Waals surface area contributed by atoms with Crippen LogP contribution in [0.5, 0.6) is 5.75 Å². The molecule has 3 N–H and O–H groups in total. The van der Waals surface area contributed by atoms with E-state index in [2.05, 4.69) is 10.1 Å². The molecule has 0 aliphatic heterocycles. The Hall–Kier alpha value is -1.69. The summed E-state index contributed by atoms with van der Waals surface area (Å²) >= 11 is 0. The lowest BCUT2D eigenvalue weighted by molar-refractivity contribution is -0.122. The van der Waals surface area contributed by atoms with Gasteiger partial charge in [0, 0.05) is 5.56 Å². The van der Waals surface area contributed by atoms with Crippen molar-refractivity contribution in [2.45, 2.75) is 32.5 Å². The second kappa shape index (κ2) is 6.30. The molecule has 0 aromatic heterocycles. The monoisotopic (exact) mass is 258 g/mol. The second-order valence-electron chi connectivity index (χ2n) is 3.94. The average Bonchev–Trinajstić information content (AvgIpc) is 2.28. The molecular formula is C12H16F2N2O2. The lowest BCUT2D eigenvalue weighted by atomic mass is 10.1. The van der Waals surface area contributed by atoms with E-state index in [4.69, 9.17) is 5.73 Å². The van der Waals surface area contributed by atoms with E-state index in [1.165, 1.54) is 6.07 Å². The molecule has 0 radical (unpaired) electrons. The van der Waals surface area contributed by atoms with E-state index in [1.807, 2.05) is 0 Å². The second-order valence-corrected chi connectivity index (χ2v) is 3.94. The fourth-order valence-electron chi connectivity index (χ4n) is 1.46. The van der Waals surface area contributed by atoms with Gasteiger partial charge in [-0.3, -0.25) is 4.79 Å². The summed E-state index contributed by atoms with van der Waals surface area (Å²) in [6.07, 6.45) is 0. The van der Waals surface area contributed by atoms with Crippen molar-refractivity contribution in [2.75, 3.05) is 0 Å². The highest BCUT2D eigenvalue weighted by atomic mass is 19.3. The van der Waals surface area contributed by atoms with Gasteiger partial charge in [-0.05, 0) is 19.9 Å². The first-order chi connectivity index (χ1) is 8.41. The van der Waals surface area contributed by atoms with Crippen LogP contribution < -0.4 is 15.8 Å². The number of para-hydroxylation sites is 1. The van der Waals surface area contributed by atoms with Crippen molar-refractivity contribution in [1.29, 1.82) is 0 Å². The fourth-order valence-corrected chi connectivity index (χ4v) is 1.46. The molecular weight excluding hydrogens is 242 g/mol. The molecule has 0 fully saturated rings.